The molecular weight excluding hydrogens is 307 g/mol. The molecule has 94 valence electrons. The maximum absolute atomic E-state index is 13.0. The number of aromatic amines is 2. The van der Waals surface area contributed by atoms with Crippen LogP contribution in [-0.4, -0.2) is 21.1 Å². The minimum absolute atomic E-state index is 0.0760. The Hall–Kier alpha value is -1.96. The van der Waals surface area contributed by atoms with Crippen molar-refractivity contribution in [3.63, 3.8) is 0 Å². The molecule has 6 nitrogen and oxygen atoms in total. The van der Waals surface area contributed by atoms with Gasteiger partial charge in [-0.15, -0.1) is 0 Å². The predicted octanol–water partition coefficient (Wildman–Crippen LogP) is 0.930. The average molecular weight is 315 g/mol. The van der Waals surface area contributed by atoms with E-state index in [0.29, 0.717) is 11.4 Å². The Bertz CT molecular complexity index is 637. The molecule has 2 rings (SSSR count). The number of H-pyrrole nitrogens is 2. The number of hydrogen-bond acceptors (Lipinski definition) is 3. The summed E-state index contributed by atoms with van der Waals surface area (Å²) in [6.45, 7) is 0.0760. The Morgan fingerprint density at radius 1 is 1.50 bits per heavy atom. The molecule has 1 aromatic heterocycles. The Balaban J connectivity index is 2.03. The van der Waals surface area contributed by atoms with Gasteiger partial charge in [-0.3, -0.25) is 9.78 Å². The summed E-state index contributed by atoms with van der Waals surface area (Å²) in [5.41, 5.74) is -0.134. The zero-order chi connectivity index (χ0) is 13.1. The summed E-state index contributed by atoms with van der Waals surface area (Å²) in [5, 5.41) is 8.36. The van der Waals surface area contributed by atoms with Crippen LogP contribution in [0.3, 0.4) is 0 Å². The van der Waals surface area contributed by atoms with Crippen LogP contribution in [-0.2, 0) is 6.54 Å². The van der Waals surface area contributed by atoms with Crippen LogP contribution in [0.5, 0.6) is 0 Å². The lowest BCUT2D eigenvalue weighted by molar-refractivity contribution is 0.0950. The fourth-order valence-corrected chi connectivity index (χ4v) is 1.67. The Morgan fingerprint density at radius 3 is 2.89 bits per heavy atom. The van der Waals surface area contributed by atoms with E-state index in [2.05, 4.69) is 36.4 Å². The van der Waals surface area contributed by atoms with E-state index < -0.39 is 11.5 Å². The molecule has 0 fully saturated rings. The predicted molar refractivity (Wildman–Crippen MR) is 64.5 cm³/mol. The molecule has 0 spiro atoms. The fraction of sp³-hybridized carbons (Fsp3) is 0.100. The highest BCUT2D eigenvalue weighted by atomic mass is 79.9. The number of amides is 1. The van der Waals surface area contributed by atoms with Crippen LogP contribution in [0, 0.1) is 5.82 Å². The molecule has 3 N–H and O–H groups in total. The second kappa shape index (κ2) is 5.13. The van der Waals surface area contributed by atoms with Gasteiger partial charge in [-0.25, -0.2) is 14.3 Å². The fourth-order valence-electron chi connectivity index (χ4n) is 1.29. The van der Waals surface area contributed by atoms with Crippen LogP contribution in [0.2, 0.25) is 0 Å². The molecule has 0 radical (unpaired) electrons. The van der Waals surface area contributed by atoms with E-state index >= 15 is 0 Å². The highest BCUT2D eigenvalue weighted by molar-refractivity contribution is 9.10. The summed E-state index contributed by atoms with van der Waals surface area (Å²) in [6.07, 6.45) is 0. The molecule has 0 atom stereocenters. The summed E-state index contributed by atoms with van der Waals surface area (Å²) in [7, 11) is 0. The van der Waals surface area contributed by atoms with Gasteiger partial charge in [-0.1, -0.05) is 0 Å². The smallest absolute Gasteiger partial charge is 0.340 e. The largest absolute Gasteiger partial charge is 0.345 e. The Morgan fingerprint density at radius 2 is 2.28 bits per heavy atom. The zero-order valence-corrected chi connectivity index (χ0v) is 10.5. The molecule has 0 saturated heterocycles. The molecule has 1 aromatic carbocycles. The standard InChI is InChI=1S/C10H8BrFN4O2/c11-6-3-5(1-2-7(6)12)9(17)13-4-8-14-10(18)16-15-8/h1-3H,4H2,(H,13,17)(H2,14,15,16,18). The van der Waals surface area contributed by atoms with Crippen molar-refractivity contribution < 1.29 is 9.18 Å². The first-order chi connectivity index (χ1) is 8.56. The van der Waals surface area contributed by atoms with Gasteiger partial charge >= 0.3 is 5.69 Å². The van der Waals surface area contributed by atoms with Crippen molar-refractivity contribution in [3.05, 3.63) is 50.4 Å². The van der Waals surface area contributed by atoms with Crippen molar-refractivity contribution in [3.8, 4) is 0 Å². The van der Waals surface area contributed by atoms with Crippen LogP contribution >= 0.6 is 15.9 Å². The van der Waals surface area contributed by atoms with Crippen molar-refractivity contribution in [2.24, 2.45) is 0 Å². The molecule has 0 bridgehead atoms. The van der Waals surface area contributed by atoms with E-state index in [4.69, 9.17) is 0 Å². The quantitative estimate of drug-likeness (QED) is 0.787. The normalized spacial score (nSPS) is 10.3. The van der Waals surface area contributed by atoms with E-state index in [9.17, 15) is 14.0 Å². The van der Waals surface area contributed by atoms with Gasteiger partial charge in [0.2, 0.25) is 0 Å². The molecule has 1 heterocycles. The average Bonchev–Trinajstić information content (AvgIpc) is 2.75. The zero-order valence-electron chi connectivity index (χ0n) is 8.96. The van der Waals surface area contributed by atoms with Crippen LogP contribution in [0.4, 0.5) is 4.39 Å². The summed E-state index contributed by atoms with van der Waals surface area (Å²) in [6, 6.07) is 3.93. The van der Waals surface area contributed by atoms with Crippen LogP contribution in [0.15, 0.2) is 27.5 Å². The highest BCUT2D eigenvalue weighted by Crippen LogP contribution is 2.16. The van der Waals surface area contributed by atoms with E-state index in [0.717, 1.165) is 0 Å². The number of hydrogen-bond donors (Lipinski definition) is 3. The number of nitrogens with one attached hydrogen (secondary N) is 3. The van der Waals surface area contributed by atoms with Crippen molar-refractivity contribution in [2.45, 2.75) is 6.54 Å². The molecule has 0 unspecified atom stereocenters. The second-order valence-corrected chi connectivity index (χ2v) is 4.29. The minimum Gasteiger partial charge on any atom is -0.345 e. The number of rotatable bonds is 3. The lowest BCUT2D eigenvalue weighted by Gasteiger charge is -2.03. The van der Waals surface area contributed by atoms with E-state index in [1.807, 2.05) is 0 Å². The summed E-state index contributed by atoms with van der Waals surface area (Å²) >= 11 is 2.99. The van der Waals surface area contributed by atoms with Gasteiger partial charge in [-0.05, 0) is 34.1 Å². The van der Waals surface area contributed by atoms with Crippen LogP contribution in [0.25, 0.3) is 0 Å². The van der Waals surface area contributed by atoms with Crippen LogP contribution in [0.1, 0.15) is 16.2 Å². The van der Waals surface area contributed by atoms with Gasteiger partial charge in [0.05, 0.1) is 11.0 Å². The highest BCUT2D eigenvalue weighted by Gasteiger charge is 2.09. The van der Waals surface area contributed by atoms with Gasteiger partial charge in [-0.2, -0.15) is 5.10 Å². The number of carbonyl (C=O) groups is 1. The first kappa shape index (κ1) is 12.5. The van der Waals surface area contributed by atoms with Gasteiger partial charge < -0.3 is 5.32 Å². The summed E-state index contributed by atoms with van der Waals surface area (Å²) in [5.74, 6) is -0.516. The van der Waals surface area contributed by atoms with E-state index in [1.165, 1.54) is 18.2 Å². The molecule has 18 heavy (non-hydrogen) atoms. The van der Waals surface area contributed by atoms with E-state index in [1.54, 1.807) is 0 Å². The minimum atomic E-state index is -0.441. The third-order valence-electron chi connectivity index (χ3n) is 2.15. The monoisotopic (exact) mass is 314 g/mol. The Kier molecular flexibility index (Phi) is 3.56. The summed E-state index contributed by atoms with van der Waals surface area (Å²) < 4.78 is 13.2. The third kappa shape index (κ3) is 2.83. The summed E-state index contributed by atoms with van der Waals surface area (Å²) in [4.78, 5) is 24.9. The lowest BCUT2D eigenvalue weighted by Crippen LogP contribution is -2.23. The first-order valence-corrected chi connectivity index (χ1v) is 5.72. The maximum atomic E-state index is 13.0. The van der Waals surface area contributed by atoms with E-state index in [-0.39, 0.29) is 16.9 Å². The molecule has 0 aliphatic rings. The molecule has 8 heteroatoms. The second-order valence-electron chi connectivity index (χ2n) is 3.44. The van der Waals surface area contributed by atoms with Crippen molar-refractivity contribution in [1.29, 1.82) is 0 Å². The number of benzene rings is 1. The molecule has 2 aromatic rings. The SMILES string of the molecule is O=C(NCc1n[nH]c(=O)[nH]1)c1ccc(F)c(Br)c1. The Labute approximate surface area is 109 Å². The van der Waals surface area contributed by atoms with Gasteiger partial charge in [0.15, 0.2) is 0 Å². The number of carbonyl (C=O) groups excluding carboxylic acids is 1. The number of aromatic nitrogens is 3. The van der Waals surface area contributed by atoms with Crippen molar-refractivity contribution >= 4 is 21.8 Å². The van der Waals surface area contributed by atoms with Gasteiger partial charge in [0.1, 0.15) is 11.6 Å². The number of nitrogens with zero attached hydrogens (tertiary/aromatic N) is 1. The lowest BCUT2D eigenvalue weighted by atomic mass is 10.2. The molecule has 1 amide bonds. The van der Waals surface area contributed by atoms with Gasteiger partial charge in [0.25, 0.3) is 5.91 Å². The van der Waals surface area contributed by atoms with Gasteiger partial charge in [0, 0.05) is 5.56 Å². The molecule has 0 saturated carbocycles. The molecule has 0 aliphatic carbocycles. The van der Waals surface area contributed by atoms with Crippen molar-refractivity contribution in [1.82, 2.24) is 20.5 Å². The number of halogens is 2. The topological polar surface area (TPSA) is 90.6 Å². The first-order valence-electron chi connectivity index (χ1n) is 4.93. The van der Waals surface area contributed by atoms with Crippen molar-refractivity contribution in [2.75, 3.05) is 0 Å². The van der Waals surface area contributed by atoms with Crippen LogP contribution < -0.4 is 11.0 Å². The molecular formula is C10H8BrFN4O2. The third-order valence-corrected chi connectivity index (χ3v) is 2.76. The maximum Gasteiger partial charge on any atom is 0.340 e. The molecule has 0 aliphatic heterocycles.